The second-order valence-corrected chi connectivity index (χ2v) is 6.38. The van der Waals surface area contributed by atoms with Gasteiger partial charge in [0.1, 0.15) is 5.82 Å². The summed E-state index contributed by atoms with van der Waals surface area (Å²) < 4.78 is 2.02. The van der Waals surface area contributed by atoms with E-state index in [0.29, 0.717) is 6.54 Å². The molecule has 0 bridgehead atoms. The Hall–Kier alpha value is -1.11. The monoisotopic (exact) mass is 315 g/mol. The molecule has 0 aliphatic carbocycles. The van der Waals surface area contributed by atoms with Crippen LogP contribution in [0.1, 0.15) is 32.6 Å². The van der Waals surface area contributed by atoms with Gasteiger partial charge in [-0.2, -0.15) is 0 Å². The average molecular weight is 316 g/mol. The molecule has 1 aliphatic rings. The van der Waals surface area contributed by atoms with E-state index >= 15 is 0 Å². The first-order valence-corrected chi connectivity index (χ1v) is 7.10. The Morgan fingerprint density at radius 1 is 1.52 bits per heavy atom. The number of rotatable bonds is 3. The van der Waals surface area contributed by atoms with Crippen LogP contribution in [0.25, 0.3) is 0 Å². The van der Waals surface area contributed by atoms with Gasteiger partial charge in [-0.1, -0.05) is 0 Å². The van der Waals surface area contributed by atoms with Crippen molar-refractivity contribution in [3.63, 3.8) is 0 Å². The molecule has 2 rings (SSSR count). The summed E-state index contributed by atoms with van der Waals surface area (Å²) in [5.41, 5.74) is -0.191. The fourth-order valence-corrected chi connectivity index (χ4v) is 2.53. The molecule has 1 amide bonds. The zero-order valence-corrected chi connectivity index (χ0v) is 14.0. The lowest BCUT2D eigenvalue weighted by atomic mass is 10.1. The molecule has 6 nitrogen and oxygen atoms in total. The highest BCUT2D eigenvalue weighted by Gasteiger charge is 2.28. The highest BCUT2D eigenvalue weighted by Crippen LogP contribution is 2.19. The van der Waals surface area contributed by atoms with Crippen molar-refractivity contribution in [2.75, 3.05) is 26.2 Å². The van der Waals surface area contributed by atoms with Gasteiger partial charge >= 0.3 is 0 Å². The first-order chi connectivity index (χ1) is 9.37. The Bertz CT molecular complexity index is 468. The van der Waals surface area contributed by atoms with E-state index in [4.69, 9.17) is 0 Å². The maximum atomic E-state index is 12.1. The Balaban J connectivity index is 0.00000220. The Kier molecular flexibility index (Phi) is 6.19. The summed E-state index contributed by atoms with van der Waals surface area (Å²) in [5, 5.41) is 6.39. The van der Waals surface area contributed by atoms with Crippen molar-refractivity contribution in [3.8, 4) is 0 Å². The molecule has 0 saturated carbocycles. The third-order valence-electron chi connectivity index (χ3n) is 3.37. The van der Waals surface area contributed by atoms with Crippen molar-refractivity contribution in [3.05, 3.63) is 18.2 Å². The maximum Gasteiger partial charge on any atom is 0.234 e. The van der Waals surface area contributed by atoms with E-state index in [9.17, 15) is 4.79 Å². The number of amides is 1. The maximum absolute atomic E-state index is 12.1. The van der Waals surface area contributed by atoms with Crippen LogP contribution in [0.3, 0.4) is 0 Å². The summed E-state index contributed by atoms with van der Waals surface area (Å²) in [6.07, 6.45) is 3.74. The fraction of sp³-hybridized carbons (Fsp3) is 0.714. The average Bonchev–Trinajstić information content (AvgIpc) is 2.73. The molecule has 7 heteroatoms. The minimum atomic E-state index is -0.191. The van der Waals surface area contributed by atoms with Gasteiger partial charge in [-0.25, -0.2) is 4.98 Å². The quantitative estimate of drug-likeness (QED) is 0.862. The number of aromatic nitrogens is 2. The van der Waals surface area contributed by atoms with Crippen molar-refractivity contribution in [1.82, 2.24) is 25.1 Å². The lowest BCUT2D eigenvalue weighted by Gasteiger charge is -2.35. The molecule has 0 spiro atoms. The van der Waals surface area contributed by atoms with Crippen molar-refractivity contribution in [2.45, 2.75) is 32.4 Å². The van der Waals surface area contributed by atoms with Gasteiger partial charge in [-0.05, 0) is 20.8 Å². The number of hydrogen-bond donors (Lipinski definition) is 2. The smallest absolute Gasteiger partial charge is 0.234 e. The molecule has 1 atom stereocenters. The number of nitrogens with zero attached hydrogens (tertiary/aromatic N) is 3. The number of hydrogen-bond acceptors (Lipinski definition) is 4. The third kappa shape index (κ3) is 4.98. The summed E-state index contributed by atoms with van der Waals surface area (Å²) in [5.74, 6) is 1.07. The summed E-state index contributed by atoms with van der Waals surface area (Å²) >= 11 is 0. The second-order valence-electron chi connectivity index (χ2n) is 6.38. The molecule has 1 saturated heterocycles. The van der Waals surface area contributed by atoms with E-state index in [1.54, 1.807) is 6.20 Å². The predicted octanol–water partition coefficient (Wildman–Crippen LogP) is 0.703. The molecule has 21 heavy (non-hydrogen) atoms. The van der Waals surface area contributed by atoms with Crippen molar-refractivity contribution in [1.29, 1.82) is 0 Å². The van der Waals surface area contributed by atoms with Gasteiger partial charge < -0.3 is 15.2 Å². The van der Waals surface area contributed by atoms with Crippen LogP contribution in [0.15, 0.2) is 12.4 Å². The molecule has 1 aromatic heterocycles. The van der Waals surface area contributed by atoms with Crippen LogP contribution in [-0.2, 0) is 11.8 Å². The molecule has 0 aromatic carbocycles. The molecule has 1 aliphatic heterocycles. The molecular formula is C14H26ClN5O. The zero-order chi connectivity index (χ0) is 14.8. The van der Waals surface area contributed by atoms with Gasteiger partial charge in [-0.15, -0.1) is 12.4 Å². The van der Waals surface area contributed by atoms with Crippen LogP contribution in [0.5, 0.6) is 0 Å². The first kappa shape index (κ1) is 17.9. The van der Waals surface area contributed by atoms with Crippen LogP contribution in [0.4, 0.5) is 0 Å². The largest absolute Gasteiger partial charge is 0.350 e. The van der Waals surface area contributed by atoms with Crippen LogP contribution in [-0.4, -0.2) is 52.1 Å². The third-order valence-corrected chi connectivity index (χ3v) is 3.37. The minimum absolute atomic E-state index is 0. The number of imidazole rings is 1. The number of carbonyl (C=O) groups is 1. The van der Waals surface area contributed by atoms with E-state index in [2.05, 4.69) is 20.5 Å². The SMILES string of the molecule is Cl.Cn1ccnc1C1CNCCN1CC(=O)NC(C)(C)C. The molecule has 1 aromatic rings. The normalized spacial score (nSPS) is 19.9. The number of aryl methyl sites for hydroxylation is 1. The van der Waals surface area contributed by atoms with Crippen molar-refractivity contribution >= 4 is 18.3 Å². The van der Waals surface area contributed by atoms with Crippen LogP contribution in [0.2, 0.25) is 0 Å². The topological polar surface area (TPSA) is 62.2 Å². The first-order valence-electron chi connectivity index (χ1n) is 7.10. The minimum Gasteiger partial charge on any atom is -0.350 e. The van der Waals surface area contributed by atoms with Gasteiger partial charge in [0.05, 0.1) is 12.6 Å². The van der Waals surface area contributed by atoms with E-state index in [-0.39, 0.29) is 29.9 Å². The number of piperazine rings is 1. The van der Waals surface area contributed by atoms with Crippen LogP contribution in [0, 0.1) is 0 Å². The number of halogens is 1. The molecule has 0 radical (unpaired) electrons. The predicted molar refractivity (Wildman–Crippen MR) is 85.5 cm³/mol. The number of carbonyl (C=O) groups excluding carboxylic acids is 1. The van der Waals surface area contributed by atoms with Crippen LogP contribution >= 0.6 is 12.4 Å². The highest BCUT2D eigenvalue weighted by molar-refractivity contribution is 5.85. The van der Waals surface area contributed by atoms with Gasteiger partial charge in [0.2, 0.25) is 5.91 Å². The van der Waals surface area contributed by atoms with Gasteiger partial charge in [0.15, 0.2) is 0 Å². The standard InChI is InChI=1S/C14H25N5O.ClH/c1-14(2,3)17-12(20)10-19-8-5-15-9-11(19)13-16-6-7-18(13)4;/h6-7,11,15H,5,8-10H2,1-4H3,(H,17,20);1H. The van der Waals surface area contributed by atoms with Crippen LogP contribution < -0.4 is 10.6 Å². The lowest BCUT2D eigenvalue weighted by Crippen LogP contribution is -2.52. The number of nitrogens with one attached hydrogen (secondary N) is 2. The lowest BCUT2D eigenvalue weighted by molar-refractivity contribution is -0.124. The van der Waals surface area contributed by atoms with Crippen molar-refractivity contribution in [2.24, 2.45) is 7.05 Å². The molecule has 1 unspecified atom stereocenters. The molecule has 1 fully saturated rings. The van der Waals surface area contributed by atoms with Gasteiger partial charge in [-0.3, -0.25) is 9.69 Å². The van der Waals surface area contributed by atoms with E-state index in [1.165, 1.54) is 0 Å². The Morgan fingerprint density at radius 3 is 2.81 bits per heavy atom. The van der Waals surface area contributed by atoms with Gasteiger partial charge in [0.25, 0.3) is 0 Å². The second kappa shape index (κ2) is 7.24. The molecule has 2 N–H and O–H groups in total. The van der Waals surface area contributed by atoms with Gasteiger partial charge in [0, 0.05) is 44.6 Å². The summed E-state index contributed by atoms with van der Waals surface area (Å²) in [7, 11) is 1.99. The Morgan fingerprint density at radius 2 is 2.24 bits per heavy atom. The van der Waals surface area contributed by atoms with Crippen molar-refractivity contribution < 1.29 is 4.79 Å². The molecule has 2 heterocycles. The Labute approximate surface area is 132 Å². The summed E-state index contributed by atoms with van der Waals surface area (Å²) in [6, 6.07) is 0.148. The molecule has 120 valence electrons. The van der Waals surface area contributed by atoms with E-state index in [0.717, 1.165) is 25.5 Å². The van der Waals surface area contributed by atoms with E-state index < -0.39 is 0 Å². The zero-order valence-electron chi connectivity index (χ0n) is 13.2. The fourth-order valence-electron chi connectivity index (χ4n) is 2.53. The molecular weight excluding hydrogens is 290 g/mol. The summed E-state index contributed by atoms with van der Waals surface area (Å²) in [6.45, 7) is 9.00. The highest BCUT2D eigenvalue weighted by atomic mass is 35.5. The van der Waals surface area contributed by atoms with E-state index in [1.807, 2.05) is 38.6 Å². The summed E-state index contributed by atoms with van der Waals surface area (Å²) in [4.78, 5) is 18.7.